The number of fused-ring (bicyclic) bond motifs is 1. The summed E-state index contributed by atoms with van der Waals surface area (Å²) in [6.45, 7) is 0. The van der Waals surface area contributed by atoms with Crippen molar-refractivity contribution in [2.45, 2.75) is 0 Å². The second-order valence-electron chi connectivity index (χ2n) is 4.17. The third kappa shape index (κ3) is 2.07. The van der Waals surface area contributed by atoms with E-state index in [0.717, 1.165) is 16.2 Å². The Bertz CT molecular complexity index is 750. The zero-order valence-electron chi connectivity index (χ0n) is 10.4. The largest absolute Gasteiger partial charge is 0.497 e. The molecule has 0 bridgehead atoms. The molecule has 0 fully saturated rings. The third-order valence-electron chi connectivity index (χ3n) is 3.04. The summed E-state index contributed by atoms with van der Waals surface area (Å²) in [5.41, 5.74) is 1.61. The molecule has 0 saturated heterocycles. The predicted octanol–water partition coefficient (Wildman–Crippen LogP) is 4.45. The molecule has 0 unspecified atom stereocenters. The van der Waals surface area contributed by atoms with Gasteiger partial charge in [0.2, 0.25) is 0 Å². The van der Waals surface area contributed by atoms with E-state index in [1.807, 2.05) is 24.3 Å². The lowest BCUT2D eigenvalue weighted by Gasteiger charge is -2.04. The van der Waals surface area contributed by atoms with E-state index in [-0.39, 0.29) is 0 Å². The lowest BCUT2D eigenvalue weighted by Crippen LogP contribution is -1.86. The zero-order valence-corrected chi connectivity index (χ0v) is 11.2. The van der Waals surface area contributed by atoms with Crippen LogP contribution in [0.15, 0.2) is 48.5 Å². The molecule has 2 nitrogen and oxygen atoms in total. The first kappa shape index (κ1) is 11.8. The Morgan fingerprint density at radius 1 is 1.11 bits per heavy atom. The second-order valence-corrected chi connectivity index (χ2v) is 5.26. The van der Waals surface area contributed by atoms with Gasteiger partial charge < -0.3 is 4.74 Å². The number of hydrogen-bond acceptors (Lipinski definition) is 3. The lowest BCUT2D eigenvalue weighted by molar-refractivity contribution is 0.415. The van der Waals surface area contributed by atoms with Gasteiger partial charge in [-0.15, -0.1) is 11.3 Å². The van der Waals surface area contributed by atoms with E-state index in [2.05, 4.69) is 24.3 Å². The van der Waals surface area contributed by atoms with Gasteiger partial charge in [-0.05, 0) is 35.7 Å². The van der Waals surface area contributed by atoms with Gasteiger partial charge in [-0.2, -0.15) is 5.26 Å². The average molecular weight is 265 g/mol. The molecule has 3 rings (SSSR count). The summed E-state index contributed by atoms with van der Waals surface area (Å²) in [5, 5.41) is 10.4. The van der Waals surface area contributed by atoms with Crippen LogP contribution < -0.4 is 4.74 Å². The Labute approximate surface area is 115 Å². The lowest BCUT2D eigenvalue weighted by atomic mass is 10.1. The highest BCUT2D eigenvalue weighted by Crippen LogP contribution is 2.36. The smallest absolute Gasteiger partial charge is 0.119 e. The maximum absolute atomic E-state index is 9.23. The molecule has 0 N–H and O–H groups in total. The molecule has 0 aliphatic heterocycles. The minimum Gasteiger partial charge on any atom is -0.497 e. The highest BCUT2D eigenvalue weighted by atomic mass is 32.1. The van der Waals surface area contributed by atoms with Gasteiger partial charge >= 0.3 is 0 Å². The van der Waals surface area contributed by atoms with Crippen molar-refractivity contribution in [3.05, 3.63) is 54.1 Å². The van der Waals surface area contributed by atoms with Crippen molar-refractivity contribution in [3.8, 4) is 22.3 Å². The fourth-order valence-electron chi connectivity index (χ4n) is 2.07. The molecule has 0 atom stereocenters. The van der Waals surface area contributed by atoms with E-state index in [0.29, 0.717) is 5.56 Å². The van der Waals surface area contributed by atoms with Crippen molar-refractivity contribution in [2.75, 3.05) is 7.11 Å². The van der Waals surface area contributed by atoms with Crippen LogP contribution in [0.3, 0.4) is 0 Å². The Balaban J connectivity index is 2.22. The van der Waals surface area contributed by atoms with Crippen LogP contribution in [0, 0.1) is 11.3 Å². The molecule has 3 aromatic rings. The molecule has 2 aromatic carbocycles. The summed E-state index contributed by atoms with van der Waals surface area (Å²) in [6, 6.07) is 18.1. The fourth-order valence-corrected chi connectivity index (χ4v) is 3.16. The first-order valence-corrected chi connectivity index (χ1v) is 6.70. The summed E-state index contributed by atoms with van der Waals surface area (Å²) in [5.74, 6) is 0.770. The number of hydrogen-bond donors (Lipinski definition) is 0. The summed E-state index contributed by atoms with van der Waals surface area (Å²) < 4.78 is 6.47. The van der Waals surface area contributed by atoms with Crippen LogP contribution in [0.5, 0.6) is 5.75 Å². The quantitative estimate of drug-likeness (QED) is 0.686. The molecule has 1 heterocycles. The molecular formula is C16H11NOS. The molecule has 0 aliphatic carbocycles. The Morgan fingerprint density at radius 3 is 2.68 bits per heavy atom. The maximum atomic E-state index is 9.23. The van der Waals surface area contributed by atoms with Gasteiger partial charge in [-0.25, -0.2) is 0 Å². The Kier molecular flexibility index (Phi) is 2.94. The van der Waals surface area contributed by atoms with Gasteiger partial charge in [-0.1, -0.05) is 18.2 Å². The predicted molar refractivity (Wildman–Crippen MR) is 78.5 cm³/mol. The molecule has 0 saturated carbocycles. The average Bonchev–Trinajstić information content (AvgIpc) is 2.90. The summed E-state index contributed by atoms with van der Waals surface area (Å²) in [6.07, 6.45) is 0. The molecule has 0 spiro atoms. The first-order valence-electron chi connectivity index (χ1n) is 5.89. The van der Waals surface area contributed by atoms with E-state index in [9.17, 15) is 5.26 Å². The van der Waals surface area contributed by atoms with Crippen molar-refractivity contribution < 1.29 is 4.74 Å². The summed E-state index contributed by atoms with van der Waals surface area (Å²) in [4.78, 5) is 1.09. The van der Waals surface area contributed by atoms with Crippen LogP contribution >= 0.6 is 11.3 Å². The van der Waals surface area contributed by atoms with Gasteiger partial charge in [0.1, 0.15) is 5.75 Å². The topological polar surface area (TPSA) is 33.0 Å². The van der Waals surface area contributed by atoms with E-state index in [1.165, 1.54) is 10.1 Å². The molecular weight excluding hydrogens is 254 g/mol. The molecule has 3 heteroatoms. The van der Waals surface area contributed by atoms with E-state index >= 15 is 0 Å². The van der Waals surface area contributed by atoms with Crippen molar-refractivity contribution in [2.24, 2.45) is 0 Å². The van der Waals surface area contributed by atoms with Crippen molar-refractivity contribution >= 4 is 21.4 Å². The highest BCUT2D eigenvalue weighted by molar-refractivity contribution is 7.22. The third-order valence-corrected chi connectivity index (χ3v) is 4.19. The van der Waals surface area contributed by atoms with Crippen molar-refractivity contribution in [1.29, 1.82) is 5.26 Å². The van der Waals surface area contributed by atoms with E-state index in [1.54, 1.807) is 24.5 Å². The monoisotopic (exact) mass is 265 g/mol. The summed E-state index contributed by atoms with van der Waals surface area (Å²) in [7, 11) is 1.64. The fraction of sp³-hybridized carbons (Fsp3) is 0.0625. The van der Waals surface area contributed by atoms with Crippen LogP contribution in [0.25, 0.3) is 20.5 Å². The minimum atomic E-state index is 0.673. The molecule has 1 aromatic heterocycles. The zero-order chi connectivity index (χ0) is 13.2. The number of nitriles is 1. The normalized spacial score (nSPS) is 10.3. The molecule has 19 heavy (non-hydrogen) atoms. The number of benzene rings is 2. The van der Waals surface area contributed by atoms with Gasteiger partial charge in [0.15, 0.2) is 0 Å². The van der Waals surface area contributed by atoms with Gasteiger partial charge in [0.05, 0.1) is 18.7 Å². The molecule has 0 amide bonds. The van der Waals surface area contributed by atoms with Crippen molar-refractivity contribution in [3.63, 3.8) is 0 Å². The van der Waals surface area contributed by atoms with Crippen LogP contribution in [-0.2, 0) is 0 Å². The number of methoxy groups -OCH3 is 1. The van der Waals surface area contributed by atoms with Gasteiger partial charge in [-0.3, -0.25) is 0 Å². The first-order chi connectivity index (χ1) is 9.31. The SMILES string of the molecule is COc1ccc(C#N)c(-c2cc3ccccc3s2)c1. The maximum Gasteiger partial charge on any atom is 0.119 e. The number of thiophene rings is 1. The van der Waals surface area contributed by atoms with Gasteiger partial charge in [0, 0.05) is 15.1 Å². The van der Waals surface area contributed by atoms with E-state index < -0.39 is 0 Å². The van der Waals surface area contributed by atoms with Gasteiger partial charge in [0.25, 0.3) is 0 Å². The molecule has 0 aliphatic rings. The highest BCUT2D eigenvalue weighted by Gasteiger charge is 2.10. The van der Waals surface area contributed by atoms with Crippen molar-refractivity contribution in [1.82, 2.24) is 0 Å². The minimum absolute atomic E-state index is 0.673. The summed E-state index contributed by atoms with van der Waals surface area (Å²) >= 11 is 1.69. The Hall–Kier alpha value is -2.31. The number of nitrogens with zero attached hydrogens (tertiary/aromatic N) is 1. The van der Waals surface area contributed by atoms with Crippen LogP contribution in [0.1, 0.15) is 5.56 Å². The van der Waals surface area contributed by atoms with Crippen LogP contribution in [-0.4, -0.2) is 7.11 Å². The van der Waals surface area contributed by atoms with Crippen LogP contribution in [0.4, 0.5) is 0 Å². The standard InChI is InChI=1S/C16H11NOS/c1-18-13-7-6-12(10-17)14(9-13)16-8-11-4-2-3-5-15(11)19-16/h2-9H,1H3. The Morgan fingerprint density at radius 2 is 1.95 bits per heavy atom. The molecule has 92 valence electrons. The number of rotatable bonds is 2. The van der Waals surface area contributed by atoms with Crippen LogP contribution in [0.2, 0.25) is 0 Å². The number of ether oxygens (including phenoxy) is 1. The second kappa shape index (κ2) is 4.75. The molecule has 0 radical (unpaired) electrons. The van der Waals surface area contributed by atoms with E-state index in [4.69, 9.17) is 4.74 Å².